The van der Waals surface area contributed by atoms with Gasteiger partial charge in [0, 0.05) is 5.56 Å². The lowest BCUT2D eigenvalue weighted by Gasteiger charge is -2.10. The van der Waals surface area contributed by atoms with Crippen LogP contribution >= 0.6 is 0 Å². The van der Waals surface area contributed by atoms with Crippen LogP contribution in [0.2, 0.25) is 0 Å². The van der Waals surface area contributed by atoms with Crippen LogP contribution in [-0.2, 0) is 9.84 Å². The topological polar surface area (TPSA) is 69.7 Å². The largest absolute Gasteiger partial charge is 0.497 e. The highest BCUT2D eigenvalue weighted by molar-refractivity contribution is 7.96. The molecule has 0 unspecified atom stereocenters. The number of allylic oxidation sites excluding steroid dienone is 1. The molecule has 30 heavy (non-hydrogen) atoms. The summed E-state index contributed by atoms with van der Waals surface area (Å²) in [5.74, 6) is 0.624. The Labute approximate surface area is 176 Å². The maximum Gasteiger partial charge on any atom is 0.210 e. The van der Waals surface area contributed by atoms with Gasteiger partial charge in [0.15, 0.2) is 0 Å². The summed E-state index contributed by atoms with van der Waals surface area (Å²) in [7, 11) is -0.977. The molecule has 0 bridgehead atoms. The fraction of sp³-hybridized carbons (Fsp3) is 0.125. The number of carbonyl (C=O) groups excluding carboxylic acids is 1. The molecule has 3 rings (SSSR count). The highest BCUT2D eigenvalue weighted by atomic mass is 32.2. The van der Waals surface area contributed by atoms with Crippen molar-refractivity contribution in [3.8, 4) is 11.5 Å². The van der Waals surface area contributed by atoms with E-state index in [0.717, 1.165) is 5.56 Å². The van der Waals surface area contributed by atoms with Gasteiger partial charge in [-0.1, -0.05) is 29.8 Å². The van der Waals surface area contributed by atoms with Gasteiger partial charge in [-0.15, -0.1) is 0 Å². The second-order valence-corrected chi connectivity index (χ2v) is 8.57. The Balaban J connectivity index is 2.12. The molecule has 3 aromatic rings. The molecule has 3 aromatic carbocycles. The first kappa shape index (κ1) is 21.3. The SMILES string of the molecule is COc1ccc(/C=C(/C(=O)c2ccc(OC)cc2)S(=O)(=O)c2ccc(C)cc2)cc1. The molecule has 0 N–H and O–H groups in total. The third kappa shape index (κ3) is 4.60. The van der Waals surface area contributed by atoms with Gasteiger partial charge in [-0.05, 0) is 67.1 Å². The highest BCUT2D eigenvalue weighted by Gasteiger charge is 2.28. The van der Waals surface area contributed by atoms with Gasteiger partial charge >= 0.3 is 0 Å². The summed E-state index contributed by atoms with van der Waals surface area (Å²) in [5, 5.41) is 0. The van der Waals surface area contributed by atoms with Crippen LogP contribution in [0.25, 0.3) is 6.08 Å². The van der Waals surface area contributed by atoms with E-state index in [2.05, 4.69) is 0 Å². The Kier molecular flexibility index (Phi) is 6.37. The minimum atomic E-state index is -4.05. The summed E-state index contributed by atoms with van der Waals surface area (Å²) in [6.45, 7) is 1.87. The molecule has 0 saturated carbocycles. The fourth-order valence-electron chi connectivity index (χ4n) is 2.85. The van der Waals surface area contributed by atoms with E-state index in [1.165, 1.54) is 25.3 Å². The highest BCUT2D eigenvalue weighted by Crippen LogP contribution is 2.27. The first-order chi connectivity index (χ1) is 14.3. The number of aryl methyl sites for hydroxylation is 1. The maximum atomic E-state index is 13.4. The second-order valence-electron chi connectivity index (χ2n) is 6.66. The lowest BCUT2D eigenvalue weighted by atomic mass is 10.1. The minimum absolute atomic E-state index is 0.0646. The molecule has 0 heterocycles. The molecule has 0 aliphatic rings. The van der Waals surface area contributed by atoms with Crippen molar-refractivity contribution in [3.63, 3.8) is 0 Å². The van der Waals surface area contributed by atoms with Crippen LogP contribution in [0.1, 0.15) is 21.5 Å². The number of rotatable bonds is 7. The van der Waals surface area contributed by atoms with Crippen molar-refractivity contribution in [2.75, 3.05) is 14.2 Å². The number of sulfone groups is 1. The number of ketones is 1. The Morgan fingerprint density at radius 3 is 1.77 bits per heavy atom. The summed E-state index contributed by atoms with van der Waals surface area (Å²) in [6, 6.07) is 19.6. The Bertz CT molecular complexity index is 1160. The standard InChI is InChI=1S/C24H22O5S/c1-17-4-14-22(15-5-17)30(26,27)23(16-18-6-10-20(28-2)11-7-18)24(25)19-8-12-21(29-3)13-9-19/h4-16H,1-3H3/b23-16-. The molecule has 0 radical (unpaired) electrons. The molecule has 0 atom stereocenters. The van der Waals surface area contributed by atoms with Gasteiger partial charge < -0.3 is 9.47 Å². The third-order valence-corrected chi connectivity index (χ3v) is 6.39. The van der Waals surface area contributed by atoms with Crippen molar-refractivity contribution in [1.29, 1.82) is 0 Å². The van der Waals surface area contributed by atoms with E-state index in [0.29, 0.717) is 17.1 Å². The molecule has 0 saturated heterocycles. The predicted molar refractivity (Wildman–Crippen MR) is 117 cm³/mol. The molecule has 0 aromatic heterocycles. The van der Waals surface area contributed by atoms with E-state index in [1.807, 2.05) is 6.92 Å². The Hall–Kier alpha value is -3.38. The number of carbonyl (C=O) groups is 1. The molecule has 0 amide bonds. The average Bonchev–Trinajstić information content (AvgIpc) is 2.77. The zero-order valence-electron chi connectivity index (χ0n) is 17.0. The Morgan fingerprint density at radius 1 is 0.767 bits per heavy atom. The zero-order chi connectivity index (χ0) is 21.7. The normalized spacial score (nSPS) is 11.8. The number of Topliss-reactive ketones (excluding diaryl/α,β-unsaturated/α-hetero) is 1. The van der Waals surface area contributed by atoms with E-state index < -0.39 is 15.6 Å². The molecule has 0 spiro atoms. The zero-order valence-corrected chi connectivity index (χ0v) is 17.8. The van der Waals surface area contributed by atoms with Gasteiger partial charge in [0.05, 0.1) is 19.1 Å². The minimum Gasteiger partial charge on any atom is -0.497 e. The maximum absolute atomic E-state index is 13.4. The van der Waals surface area contributed by atoms with Crippen LogP contribution in [-0.4, -0.2) is 28.4 Å². The van der Waals surface area contributed by atoms with E-state index in [4.69, 9.17) is 9.47 Å². The molecule has 154 valence electrons. The number of methoxy groups -OCH3 is 2. The van der Waals surface area contributed by atoms with E-state index in [1.54, 1.807) is 67.8 Å². The van der Waals surface area contributed by atoms with Crippen LogP contribution in [0.15, 0.2) is 82.6 Å². The summed E-state index contributed by atoms with van der Waals surface area (Å²) in [4.78, 5) is 13.0. The Morgan fingerprint density at radius 2 is 1.27 bits per heavy atom. The summed E-state index contributed by atoms with van der Waals surface area (Å²) >= 11 is 0. The van der Waals surface area contributed by atoms with Crippen molar-refractivity contribution in [1.82, 2.24) is 0 Å². The lowest BCUT2D eigenvalue weighted by molar-refractivity contribution is 0.104. The molecular formula is C24H22O5S. The van der Waals surface area contributed by atoms with Crippen LogP contribution in [0.4, 0.5) is 0 Å². The molecule has 0 fully saturated rings. The lowest BCUT2D eigenvalue weighted by Crippen LogP contribution is -2.14. The molecule has 0 aliphatic carbocycles. The van der Waals surface area contributed by atoms with Crippen molar-refractivity contribution in [2.45, 2.75) is 11.8 Å². The van der Waals surface area contributed by atoms with Crippen molar-refractivity contribution >= 4 is 21.7 Å². The summed E-state index contributed by atoms with van der Waals surface area (Å²) in [5.41, 5.74) is 1.76. The van der Waals surface area contributed by atoms with Crippen molar-refractivity contribution in [3.05, 3.63) is 94.4 Å². The van der Waals surface area contributed by atoms with Crippen LogP contribution in [0, 0.1) is 6.92 Å². The molecule has 6 heteroatoms. The fourth-order valence-corrected chi connectivity index (χ4v) is 4.25. The molecular weight excluding hydrogens is 400 g/mol. The smallest absolute Gasteiger partial charge is 0.210 e. The van der Waals surface area contributed by atoms with Gasteiger partial charge in [0.25, 0.3) is 0 Å². The predicted octanol–water partition coefficient (Wildman–Crippen LogP) is 4.71. The number of ether oxygens (including phenoxy) is 2. The number of benzene rings is 3. The number of hydrogen-bond donors (Lipinski definition) is 0. The van der Waals surface area contributed by atoms with Crippen molar-refractivity contribution < 1.29 is 22.7 Å². The van der Waals surface area contributed by atoms with E-state index >= 15 is 0 Å². The summed E-state index contributed by atoms with van der Waals surface area (Å²) < 4.78 is 37.0. The van der Waals surface area contributed by atoms with Crippen LogP contribution in [0.3, 0.4) is 0 Å². The van der Waals surface area contributed by atoms with Crippen LogP contribution < -0.4 is 9.47 Å². The average molecular weight is 423 g/mol. The first-order valence-corrected chi connectivity index (χ1v) is 10.7. The monoisotopic (exact) mass is 422 g/mol. The molecule has 5 nitrogen and oxygen atoms in total. The van der Waals surface area contributed by atoms with E-state index in [9.17, 15) is 13.2 Å². The third-order valence-electron chi connectivity index (χ3n) is 4.61. The van der Waals surface area contributed by atoms with E-state index in [-0.39, 0.29) is 15.4 Å². The summed E-state index contributed by atoms with van der Waals surface area (Å²) in [6.07, 6.45) is 1.39. The van der Waals surface area contributed by atoms with Gasteiger partial charge in [-0.2, -0.15) is 0 Å². The van der Waals surface area contributed by atoms with Gasteiger partial charge in [0.2, 0.25) is 15.6 Å². The number of hydrogen-bond acceptors (Lipinski definition) is 5. The second kappa shape index (κ2) is 8.97. The van der Waals surface area contributed by atoms with Crippen molar-refractivity contribution in [2.24, 2.45) is 0 Å². The molecule has 0 aliphatic heterocycles. The van der Waals surface area contributed by atoms with Crippen LogP contribution in [0.5, 0.6) is 11.5 Å². The first-order valence-electron chi connectivity index (χ1n) is 9.21. The quantitative estimate of drug-likeness (QED) is 0.407. The van der Waals surface area contributed by atoms with Gasteiger partial charge in [-0.25, -0.2) is 8.42 Å². The van der Waals surface area contributed by atoms with Gasteiger partial charge in [-0.3, -0.25) is 4.79 Å². The van der Waals surface area contributed by atoms with Gasteiger partial charge in [0.1, 0.15) is 16.4 Å².